The Morgan fingerprint density at radius 3 is 2.28 bits per heavy atom. The zero-order valence-electron chi connectivity index (χ0n) is 13.2. The highest BCUT2D eigenvalue weighted by Crippen LogP contribution is 2.35. The van der Waals surface area contributed by atoms with Crippen molar-refractivity contribution in [2.75, 3.05) is 31.5 Å². The average Bonchev–Trinajstić information content (AvgIpc) is 2.52. The summed E-state index contributed by atoms with van der Waals surface area (Å²) in [5.41, 5.74) is -1.12. The van der Waals surface area contributed by atoms with Gasteiger partial charge in [-0.1, -0.05) is 0 Å². The van der Waals surface area contributed by atoms with Crippen LogP contribution in [0.2, 0.25) is 0 Å². The predicted octanol–water partition coefficient (Wildman–Crippen LogP) is 4.26. The van der Waals surface area contributed by atoms with E-state index in [2.05, 4.69) is 5.32 Å². The van der Waals surface area contributed by atoms with Gasteiger partial charge in [0.25, 0.3) is 0 Å². The lowest BCUT2D eigenvalue weighted by Gasteiger charge is -2.32. The monoisotopic (exact) mass is 365 g/mol. The number of nitrogens with one attached hydrogen (secondary N) is 1. The summed E-state index contributed by atoms with van der Waals surface area (Å²) in [5, 5.41) is 11.5. The molecule has 0 spiro atoms. The van der Waals surface area contributed by atoms with E-state index in [4.69, 9.17) is 5.26 Å². The lowest BCUT2D eigenvalue weighted by Crippen LogP contribution is -2.41. The molecule has 3 nitrogen and oxygen atoms in total. The van der Waals surface area contributed by atoms with Crippen LogP contribution in [0.5, 0.6) is 0 Å². The van der Waals surface area contributed by atoms with E-state index in [0.717, 1.165) is 6.07 Å². The second kappa shape index (κ2) is 7.52. The van der Waals surface area contributed by atoms with Crippen molar-refractivity contribution in [1.82, 2.24) is 4.90 Å². The number of anilines is 1. The first-order chi connectivity index (χ1) is 11.6. The predicted molar refractivity (Wildman–Crippen MR) is 79.9 cm³/mol. The zero-order chi connectivity index (χ0) is 18.7. The van der Waals surface area contributed by atoms with Gasteiger partial charge in [0.15, 0.2) is 0 Å². The van der Waals surface area contributed by atoms with Crippen molar-refractivity contribution in [3.8, 4) is 6.07 Å². The molecule has 0 atom stereocenters. The summed E-state index contributed by atoms with van der Waals surface area (Å²) in [5.74, 6) is 0.00112. The Balaban J connectivity index is 1.94. The molecule has 1 aliphatic heterocycles. The van der Waals surface area contributed by atoms with Gasteiger partial charge in [0.2, 0.25) is 0 Å². The minimum Gasteiger partial charge on any atom is -0.384 e. The summed E-state index contributed by atoms with van der Waals surface area (Å²) in [6.45, 7) is -0.174. The maximum absolute atomic E-state index is 13.1. The van der Waals surface area contributed by atoms with Crippen LogP contribution in [0.15, 0.2) is 18.2 Å². The third-order valence-corrected chi connectivity index (χ3v) is 4.15. The van der Waals surface area contributed by atoms with Gasteiger partial charge < -0.3 is 5.32 Å². The van der Waals surface area contributed by atoms with Crippen LogP contribution < -0.4 is 5.32 Å². The topological polar surface area (TPSA) is 39.1 Å². The van der Waals surface area contributed by atoms with E-state index in [0.29, 0.717) is 12.8 Å². The van der Waals surface area contributed by atoms with Crippen LogP contribution in [0.3, 0.4) is 0 Å². The minimum absolute atomic E-state index is 0.00112. The number of hydrogen-bond donors (Lipinski definition) is 1. The third kappa shape index (κ3) is 5.81. The molecule has 0 bridgehead atoms. The second-order valence-electron chi connectivity index (χ2n) is 6.09. The number of benzene rings is 1. The van der Waals surface area contributed by atoms with Gasteiger partial charge in [-0.3, -0.25) is 4.90 Å². The molecule has 0 saturated carbocycles. The third-order valence-electron chi connectivity index (χ3n) is 4.15. The summed E-state index contributed by atoms with van der Waals surface area (Å²) >= 11 is 0. The summed E-state index contributed by atoms with van der Waals surface area (Å²) in [6, 6.07) is 4.96. The van der Waals surface area contributed by atoms with E-state index < -0.39 is 24.5 Å². The maximum atomic E-state index is 13.1. The number of nitrogens with zero attached hydrogens (tertiary/aromatic N) is 2. The highest BCUT2D eigenvalue weighted by molar-refractivity contribution is 5.56. The van der Waals surface area contributed by atoms with Gasteiger partial charge in [-0.15, -0.1) is 0 Å². The molecule has 25 heavy (non-hydrogen) atoms. The van der Waals surface area contributed by atoms with E-state index in [1.54, 1.807) is 6.07 Å². The van der Waals surface area contributed by atoms with Crippen LogP contribution in [0.4, 0.5) is 32.0 Å². The van der Waals surface area contributed by atoms with Crippen molar-refractivity contribution >= 4 is 5.69 Å². The number of halogens is 6. The molecular weight excluding hydrogens is 348 g/mol. The molecule has 0 aromatic heterocycles. The fraction of sp³-hybridized carbons (Fsp3) is 0.562. The number of alkyl halides is 6. The largest absolute Gasteiger partial charge is 0.418 e. The molecule has 1 aromatic rings. The molecule has 9 heteroatoms. The van der Waals surface area contributed by atoms with Gasteiger partial charge in [-0.05, 0) is 50.0 Å². The Labute approximate surface area is 141 Å². The maximum Gasteiger partial charge on any atom is 0.418 e. The molecule has 138 valence electrons. The molecule has 0 aliphatic carbocycles. The van der Waals surface area contributed by atoms with Crippen LogP contribution in [0.25, 0.3) is 0 Å². The summed E-state index contributed by atoms with van der Waals surface area (Å²) in [6.07, 6.45) is -7.86. The first-order valence-corrected chi connectivity index (χ1v) is 7.73. The fourth-order valence-corrected chi connectivity index (χ4v) is 2.86. The molecule has 2 rings (SSSR count). The van der Waals surface area contributed by atoms with Crippen LogP contribution in [-0.2, 0) is 6.18 Å². The molecule has 1 fully saturated rings. The summed E-state index contributed by atoms with van der Waals surface area (Å²) in [7, 11) is 0. The Bertz CT molecular complexity index is 624. The van der Waals surface area contributed by atoms with Gasteiger partial charge >= 0.3 is 12.4 Å². The SMILES string of the molecule is N#Cc1ccc(NCC2CCN(CC(F)(F)F)CC2)c(C(F)(F)F)c1. The van der Waals surface area contributed by atoms with Crippen LogP contribution >= 0.6 is 0 Å². The molecule has 1 saturated heterocycles. The number of likely N-dealkylation sites (tertiary alicyclic amines) is 1. The Morgan fingerprint density at radius 2 is 1.76 bits per heavy atom. The average molecular weight is 365 g/mol. The van der Waals surface area contributed by atoms with E-state index in [9.17, 15) is 26.3 Å². The smallest absolute Gasteiger partial charge is 0.384 e. The number of nitriles is 1. The summed E-state index contributed by atoms with van der Waals surface area (Å²) < 4.78 is 76.3. The van der Waals surface area contributed by atoms with Gasteiger partial charge in [-0.25, -0.2) is 0 Å². The van der Waals surface area contributed by atoms with E-state index in [1.165, 1.54) is 17.0 Å². The molecule has 0 radical (unpaired) electrons. The van der Waals surface area contributed by atoms with E-state index >= 15 is 0 Å². The molecule has 0 unspecified atom stereocenters. The first kappa shape index (κ1) is 19.4. The standard InChI is InChI=1S/C16H17F6N3/c17-15(18,19)10-25-5-3-11(4-6-25)9-24-14-2-1-12(8-23)7-13(14)16(20,21)22/h1-2,7,11,24H,3-6,9-10H2. The number of hydrogen-bond acceptors (Lipinski definition) is 3. The van der Waals surface area contributed by atoms with Crippen molar-refractivity contribution in [2.45, 2.75) is 25.2 Å². The normalized spacial score (nSPS) is 17.3. The second-order valence-corrected chi connectivity index (χ2v) is 6.09. The van der Waals surface area contributed by atoms with Crippen LogP contribution in [0, 0.1) is 17.2 Å². The van der Waals surface area contributed by atoms with Gasteiger partial charge in [0.05, 0.1) is 23.7 Å². The molecule has 0 amide bonds. The van der Waals surface area contributed by atoms with Crippen molar-refractivity contribution in [3.05, 3.63) is 29.3 Å². The molecule has 1 aliphatic rings. The van der Waals surface area contributed by atoms with Crippen LogP contribution in [0.1, 0.15) is 24.0 Å². The summed E-state index contributed by atoms with van der Waals surface area (Å²) in [4.78, 5) is 1.30. The highest BCUT2D eigenvalue weighted by Gasteiger charge is 2.35. The Hall–Kier alpha value is -1.95. The van der Waals surface area contributed by atoms with Crippen molar-refractivity contribution in [2.24, 2.45) is 5.92 Å². The minimum atomic E-state index is -4.59. The van der Waals surface area contributed by atoms with Crippen LogP contribution in [-0.4, -0.2) is 37.3 Å². The Morgan fingerprint density at radius 1 is 1.12 bits per heavy atom. The Kier molecular flexibility index (Phi) is 5.83. The zero-order valence-corrected chi connectivity index (χ0v) is 13.2. The molecule has 1 N–H and O–H groups in total. The van der Waals surface area contributed by atoms with Gasteiger partial charge in [-0.2, -0.15) is 31.6 Å². The van der Waals surface area contributed by atoms with E-state index in [-0.39, 0.29) is 36.8 Å². The highest BCUT2D eigenvalue weighted by atomic mass is 19.4. The number of rotatable bonds is 4. The molecular formula is C16H17F6N3. The van der Waals surface area contributed by atoms with Crippen molar-refractivity contribution in [1.29, 1.82) is 5.26 Å². The van der Waals surface area contributed by atoms with Gasteiger partial charge in [0, 0.05) is 12.2 Å². The number of piperidine rings is 1. The lowest BCUT2D eigenvalue weighted by molar-refractivity contribution is -0.148. The van der Waals surface area contributed by atoms with Crippen molar-refractivity contribution in [3.63, 3.8) is 0 Å². The molecule has 1 heterocycles. The van der Waals surface area contributed by atoms with E-state index in [1.807, 2.05) is 0 Å². The van der Waals surface area contributed by atoms with Crippen molar-refractivity contribution < 1.29 is 26.3 Å². The van der Waals surface area contributed by atoms with Gasteiger partial charge in [0.1, 0.15) is 0 Å². The molecule has 1 aromatic carbocycles. The fourth-order valence-electron chi connectivity index (χ4n) is 2.86. The lowest BCUT2D eigenvalue weighted by atomic mass is 9.96. The first-order valence-electron chi connectivity index (χ1n) is 7.73. The quantitative estimate of drug-likeness (QED) is 0.811.